The lowest BCUT2D eigenvalue weighted by molar-refractivity contribution is -0.122. The molecule has 0 fully saturated rings. The standard InChI is InChI=1S/C14H20N4O/c1-11(15-2)14(19)16-8-5-9-18-10-17-12-6-3-4-7-13(12)18/h3-4,6-7,10-11,15H,5,8-9H2,1-2H3,(H,16,19). The van der Waals surface area contributed by atoms with Gasteiger partial charge in [-0.1, -0.05) is 12.1 Å². The number of benzene rings is 1. The van der Waals surface area contributed by atoms with Crippen molar-refractivity contribution in [3.8, 4) is 0 Å². The number of hydrogen-bond acceptors (Lipinski definition) is 3. The van der Waals surface area contributed by atoms with Gasteiger partial charge in [0.2, 0.25) is 5.91 Å². The molecule has 1 amide bonds. The van der Waals surface area contributed by atoms with Crippen LogP contribution in [-0.4, -0.2) is 35.1 Å². The minimum absolute atomic E-state index is 0.0398. The lowest BCUT2D eigenvalue weighted by Gasteiger charge is -2.11. The van der Waals surface area contributed by atoms with E-state index >= 15 is 0 Å². The summed E-state index contributed by atoms with van der Waals surface area (Å²) in [6.45, 7) is 3.38. The Kier molecular flexibility index (Phi) is 4.52. The number of amides is 1. The van der Waals surface area contributed by atoms with Gasteiger partial charge in [-0.15, -0.1) is 0 Å². The van der Waals surface area contributed by atoms with E-state index in [2.05, 4.69) is 26.3 Å². The number of rotatable bonds is 6. The number of para-hydroxylation sites is 2. The second-order valence-corrected chi connectivity index (χ2v) is 4.58. The second-order valence-electron chi connectivity index (χ2n) is 4.58. The van der Waals surface area contributed by atoms with E-state index in [1.165, 1.54) is 0 Å². The highest BCUT2D eigenvalue weighted by Gasteiger charge is 2.08. The van der Waals surface area contributed by atoms with Crippen molar-refractivity contribution in [1.82, 2.24) is 20.2 Å². The van der Waals surface area contributed by atoms with Gasteiger partial charge in [-0.05, 0) is 32.5 Å². The van der Waals surface area contributed by atoms with Crippen molar-refractivity contribution < 1.29 is 4.79 Å². The first-order valence-corrected chi connectivity index (χ1v) is 6.57. The zero-order valence-corrected chi connectivity index (χ0v) is 11.4. The van der Waals surface area contributed by atoms with Gasteiger partial charge in [-0.25, -0.2) is 4.98 Å². The Morgan fingerprint density at radius 2 is 2.21 bits per heavy atom. The van der Waals surface area contributed by atoms with Crippen molar-refractivity contribution in [3.05, 3.63) is 30.6 Å². The summed E-state index contributed by atoms with van der Waals surface area (Å²) in [6, 6.07) is 7.91. The van der Waals surface area contributed by atoms with Crippen molar-refractivity contribution in [2.24, 2.45) is 0 Å². The molecule has 2 N–H and O–H groups in total. The summed E-state index contributed by atoms with van der Waals surface area (Å²) in [4.78, 5) is 15.9. The van der Waals surface area contributed by atoms with Crippen molar-refractivity contribution in [2.75, 3.05) is 13.6 Å². The lowest BCUT2D eigenvalue weighted by Crippen LogP contribution is -2.40. The predicted molar refractivity (Wildman–Crippen MR) is 75.9 cm³/mol. The SMILES string of the molecule is CNC(C)C(=O)NCCCn1cnc2ccccc21. The van der Waals surface area contributed by atoms with Crippen LogP contribution in [0.15, 0.2) is 30.6 Å². The summed E-state index contributed by atoms with van der Waals surface area (Å²) < 4.78 is 2.11. The van der Waals surface area contributed by atoms with Gasteiger partial charge < -0.3 is 15.2 Å². The van der Waals surface area contributed by atoms with E-state index < -0.39 is 0 Å². The maximum Gasteiger partial charge on any atom is 0.236 e. The molecule has 0 bridgehead atoms. The lowest BCUT2D eigenvalue weighted by atomic mass is 10.3. The molecule has 0 spiro atoms. The van der Waals surface area contributed by atoms with E-state index in [1.807, 2.05) is 31.5 Å². The maximum atomic E-state index is 11.6. The number of aromatic nitrogens is 2. The maximum absolute atomic E-state index is 11.6. The van der Waals surface area contributed by atoms with Crippen LogP contribution in [0.25, 0.3) is 11.0 Å². The molecular formula is C14H20N4O. The first-order valence-electron chi connectivity index (χ1n) is 6.57. The van der Waals surface area contributed by atoms with Crippen LogP contribution >= 0.6 is 0 Å². The number of carbonyl (C=O) groups excluding carboxylic acids is 1. The Morgan fingerprint density at radius 3 is 3.00 bits per heavy atom. The van der Waals surface area contributed by atoms with Gasteiger partial charge in [0.25, 0.3) is 0 Å². The molecule has 2 rings (SSSR count). The number of imidazole rings is 1. The molecule has 0 radical (unpaired) electrons. The van der Waals surface area contributed by atoms with Gasteiger partial charge >= 0.3 is 0 Å². The number of nitrogens with zero attached hydrogens (tertiary/aromatic N) is 2. The minimum Gasteiger partial charge on any atom is -0.355 e. The summed E-state index contributed by atoms with van der Waals surface area (Å²) in [5.74, 6) is 0.0398. The highest BCUT2D eigenvalue weighted by Crippen LogP contribution is 2.11. The molecule has 1 unspecified atom stereocenters. The first-order chi connectivity index (χ1) is 9.22. The third-order valence-corrected chi connectivity index (χ3v) is 3.23. The highest BCUT2D eigenvalue weighted by molar-refractivity contribution is 5.81. The smallest absolute Gasteiger partial charge is 0.236 e. The van der Waals surface area contributed by atoms with E-state index in [9.17, 15) is 4.79 Å². The van der Waals surface area contributed by atoms with E-state index in [-0.39, 0.29) is 11.9 Å². The molecule has 1 aromatic heterocycles. The van der Waals surface area contributed by atoms with Crippen LogP contribution in [0.2, 0.25) is 0 Å². The summed E-state index contributed by atoms with van der Waals surface area (Å²) >= 11 is 0. The number of fused-ring (bicyclic) bond motifs is 1. The van der Waals surface area contributed by atoms with Gasteiger partial charge in [0.1, 0.15) is 0 Å². The molecule has 5 heteroatoms. The number of hydrogen-bond donors (Lipinski definition) is 2. The van der Waals surface area contributed by atoms with Crippen LogP contribution in [0.5, 0.6) is 0 Å². The van der Waals surface area contributed by atoms with Gasteiger partial charge in [-0.3, -0.25) is 4.79 Å². The van der Waals surface area contributed by atoms with Gasteiger partial charge in [0, 0.05) is 13.1 Å². The van der Waals surface area contributed by atoms with Crippen LogP contribution < -0.4 is 10.6 Å². The largest absolute Gasteiger partial charge is 0.355 e. The number of likely N-dealkylation sites (N-methyl/N-ethyl adjacent to an activating group) is 1. The zero-order valence-electron chi connectivity index (χ0n) is 11.4. The van der Waals surface area contributed by atoms with E-state index in [0.717, 1.165) is 24.0 Å². The first kappa shape index (κ1) is 13.5. The van der Waals surface area contributed by atoms with Crippen LogP contribution in [0.1, 0.15) is 13.3 Å². The van der Waals surface area contributed by atoms with Crippen molar-refractivity contribution in [2.45, 2.75) is 25.9 Å². The molecule has 0 aliphatic rings. The average Bonchev–Trinajstić information content (AvgIpc) is 2.86. The predicted octanol–water partition coefficient (Wildman–Crippen LogP) is 1.15. The van der Waals surface area contributed by atoms with E-state index in [1.54, 1.807) is 7.05 Å². The number of carbonyl (C=O) groups is 1. The molecule has 1 aromatic carbocycles. The molecule has 0 aliphatic carbocycles. The van der Waals surface area contributed by atoms with Crippen LogP contribution in [0, 0.1) is 0 Å². The van der Waals surface area contributed by atoms with Crippen molar-refractivity contribution in [3.63, 3.8) is 0 Å². The van der Waals surface area contributed by atoms with Crippen molar-refractivity contribution >= 4 is 16.9 Å². The minimum atomic E-state index is -0.144. The molecule has 19 heavy (non-hydrogen) atoms. The summed E-state index contributed by atoms with van der Waals surface area (Å²) in [6.07, 6.45) is 2.74. The normalized spacial score (nSPS) is 12.5. The molecule has 0 aliphatic heterocycles. The fraction of sp³-hybridized carbons (Fsp3) is 0.429. The average molecular weight is 260 g/mol. The molecule has 1 atom stereocenters. The highest BCUT2D eigenvalue weighted by atomic mass is 16.2. The topological polar surface area (TPSA) is 59.0 Å². The molecular weight excluding hydrogens is 240 g/mol. The van der Waals surface area contributed by atoms with Crippen LogP contribution in [0.4, 0.5) is 0 Å². The summed E-state index contributed by atoms with van der Waals surface area (Å²) in [7, 11) is 1.78. The van der Waals surface area contributed by atoms with E-state index in [0.29, 0.717) is 6.54 Å². The van der Waals surface area contributed by atoms with Crippen molar-refractivity contribution in [1.29, 1.82) is 0 Å². The van der Waals surface area contributed by atoms with E-state index in [4.69, 9.17) is 0 Å². The Labute approximate surface area is 113 Å². The third kappa shape index (κ3) is 3.32. The molecule has 0 saturated carbocycles. The Bertz CT molecular complexity index is 549. The molecule has 2 aromatic rings. The fourth-order valence-corrected chi connectivity index (χ4v) is 1.93. The molecule has 0 saturated heterocycles. The molecule has 102 valence electrons. The molecule has 5 nitrogen and oxygen atoms in total. The number of nitrogens with one attached hydrogen (secondary N) is 2. The zero-order chi connectivity index (χ0) is 13.7. The summed E-state index contributed by atoms with van der Waals surface area (Å²) in [5.41, 5.74) is 2.15. The summed E-state index contributed by atoms with van der Waals surface area (Å²) in [5, 5.41) is 5.82. The van der Waals surface area contributed by atoms with Gasteiger partial charge in [-0.2, -0.15) is 0 Å². The fourth-order valence-electron chi connectivity index (χ4n) is 1.93. The number of aryl methyl sites for hydroxylation is 1. The second kappa shape index (κ2) is 6.33. The monoisotopic (exact) mass is 260 g/mol. The van der Waals surface area contributed by atoms with Crippen LogP contribution in [-0.2, 0) is 11.3 Å². The molecule has 1 heterocycles. The van der Waals surface area contributed by atoms with Gasteiger partial charge in [0.05, 0.1) is 23.4 Å². The Morgan fingerprint density at radius 1 is 1.42 bits per heavy atom. The third-order valence-electron chi connectivity index (χ3n) is 3.23. The quantitative estimate of drug-likeness (QED) is 0.766. The van der Waals surface area contributed by atoms with Gasteiger partial charge in [0.15, 0.2) is 0 Å². The Hall–Kier alpha value is -1.88. The van der Waals surface area contributed by atoms with Crippen LogP contribution in [0.3, 0.4) is 0 Å². The Balaban J connectivity index is 1.82.